The van der Waals surface area contributed by atoms with Crippen LogP contribution in [0.1, 0.15) is 0 Å². The Morgan fingerprint density at radius 2 is 1.68 bits per heavy atom. The van der Waals surface area contributed by atoms with Crippen molar-refractivity contribution in [3.05, 3.63) is 85.1 Å². The second-order valence-electron chi connectivity index (χ2n) is 6.07. The van der Waals surface area contributed by atoms with Gasteiger partial charge in [-0.3, -0.25) is 4.40 Å². The van der Waals surface area contributed by atoms with Gasteiger partial charge in [0.1, 0.15) is 11.5 Å². The molecule has 0 atom stereocenters. The average Bonchev–Trinajstić information content (AvgIpc) is 3.27. The van der Waals surface area contributed by atoms with Crippen LogP contribution >= 0.6 is 0 Å². The molecule has 0 aliphatic heterocycles. The lowest BCUT2D eigenvalue weighted by Gasteiger charge is -2.05. The topological polar surface area (TPSA) is 33.1 Å². The van der Waals surface area contributed by atoms with Crippen molar-refractivity contribution in [1.82, 2.24) is 14.4 Å². The number of hydrogen-bond acceptors (Lipinski definition) is 1. The fourth-order valence-corrected chi connectivity index (χ4v) is 3.23. The highest BCUT2D eigenvalue weighted by molar-refractivity contribution is 5.85. The molecule has 0 aliphatic rings. The molecule has 0 unspecified atom stereocenters. The Kier molecular flexibility index (Phi) is 2.97. The zero-order valence-electron chi connectivity index (χ0n) is 13.3. The van der Waals surface area contributed by atoms with Crippen LogP contribution in [0.15, 0.2) is 79.3 Å². The van der Waals surface area contributed by atoms with Gasteiger partial charge >= 0.3 is 0 Å². The second-order valence-corrected chi connectivity index (χ2v) is 6.07. The summed E-state index contributed by atoms with van der Waals surface area (Å²) in [4.78, 5) is 7.76. The van der Waals surface area contributed by atoms with Gasteiger partial charge in [0.05, 0.1) is 11.9 Å². The molecule has 4 heteroatoms. The molecule has 2 aromatic carbocycles. The van der Waals surface area contributed by atoms with E-state index in [1.807, 2.05) is 30.7 Å². The number of imidazole rings is 1. The molecule has 0 radical (unpaired) electrons. The number of halogens is 1. The Balaban J connectivity index is 1.62. The highest BCUT2D eigenvalue weighted by atomic mass is 19.1. The normalized spacial score (nSPS) is 11.4. The number of aromatic amines is 1. The van der Waals surface area contributed by atoms with Crippen molar-refractivity contribution in [3.8, 4) is 22.4 Å². The number of rotatable bonds is 2. The van der Waals surface area contributed by atoms with Gasteiger partial charge in [0, 0.05) is 28.9 Å². The van der Waals surface area contributed by atoms with E-state index >= 15 is 0 Å². The van der Waals surface area contributed by atoms with Gasteiger partial charge < -0.3 is 4.98 Å². The van der Waals surface area contributed by atoms with Crippen LogP contribution in [-0.4, -0.2) is 14.4 Å². The number of pyridine rings is 1. The largest absolute Gasteiger partial charge is 0.361 e. The third-order valence-corrected chi connectivity index (χ3v) is 4.54. The molecule has 0 spiro atoms. The lowest BCUT2D eigenvalue weighted by atomic mass is 10.1. The molecule has 120 valence electrons. The van der Waals surface area contributed by atoms with Crippen LogP contribution in [-0.2, 0) is 0 Å². The molecule has 25 heavy (non-hydrogen) atoms. The fourth-order valence-electron chi connectivity index (χ4n) is 3.23. The first-order valence-electron chi connectivity index (χ1n) is 8.08. The minimum atomic E-state index is -0.229. The third kappa shape index (κ3) is 2.31. The van der Waals surface area contributed by atoms with Crippen LogP contribution < -0.4 is 0 Å². The van der Waals surface area contributed by atoms with Crippen molar-refractivity contribution < 1.29 is 4.39 Å². The van der Waals surface area contributed by atoms with Gasteiger partial charge in [0.25, 0.3) is 0 Å². The van der Waals surface area contributed by atoms with E-state index < -0.39 is 0 Å². The minimum absolute atomic E-state index is 0.229. The maximum atomic E-state index is 13.1. The lowest BCUT2D eigenvalue weighted by molar-refractivity contribution is 0.628. The van der Waals surface area contributed by atoms with E-state index in [0.717, 1.165) is 33.5 Å². The van der Waals surface area contributed by atoms with Crippen molar-refractivity contribution in [2.75, 3.05) is 0 Å². The molecule has 0 aliphatic carbocycles. The molecule has 0 saturated carbocycles. The molecule has 0 amide bonds. The number of fused-ring (bicyclic) bond motifs is 2. The summed E-state index contributed by atoms with van der Waals surface area (Å²) in [5, 5.41) is 1.18. The van der Waals surface area contributed by atoms with Gasteiger partial charge in [-0.1, -0.05) is 18.2 Å². The predicted octanol–water partition coefficient (Wildman–Crippen LogP) is 5.29. The molecule has 5 rings (SSSR count). The molecule has 1 N–H and O–H groups in total. The molecular formula is C21H14FN3. The molecule has 0 saturated heterocycles. The smallest absolute Gasteiger partial charge is 0.137 e. The molecule has 3 nitrogen and oxygen atoms in total. The number of nitrogens with one attached hydrogen (secondary N) is 1. The third-order valence-electron chi connectivity index (χ3n) is 4.54. The van der Waals surface area contributed by atoms with E-state index in [9.17, 15) is 4.39 Å². The Morgan fingerprint density at radius 3 is 2.56 bits per heavy atom. The Hall–Kier alpha value is -3.40. The zero-order valence-corrected chi connectivity index (χ0v) is 13.3. The van der Waals surface area contributed by atoms with Crippen molar-refractivity contribution in [2.24, 2.45) is 0 Å². The fraction of sp³-hybridized carbons (Fsp3) is 0. The van der Waals surface area contributed by atoms with Gasteiger partial charge in [-0.2, -0.15) is 0 Å². The van der Waals surface area contributed by atoms with Crippen molar-refractivity contribution in [1.29, 1.82) is 0 Å². The number of aromatic nitrogens is 3. The van der Waals surface area contributed by atoms with Crippen molar-refractivity contribution in [2.45, 2.75) is 0 Å². The average molecular weight is 327 g/mol. The molecule has 0 fully saturated rings. The van der Waals surface area contributed by atoms with Crippen LogP contribution in [0.3, 0.4) is 0 Å². The van der Waals surface area contributed by atoms with Gasteiger partial charge in [0.15, 0.2) is 0 Å². The van der Waals surface area contributed by atoms with E-state index in [4.69, 9.17) is 0 Å². The Bertz CT molecular complexity index is 1200. The first kappa shape index (κ1) is 14.0. The summed E-state index contributed by atoms with van der Waals surface area (Å²) < 4.78 is 15.2. The molecule has 0 bridgehead atoms. The summed E-state index contributed by atoms with van der Waals surface area (Å²) in [5.41, 5.74) is 6.15. The van der Waals surface area contributed by atoms with E-state index in [2.05, 4.69) is 38.6 Å². The van der Waals surface area contributed by atoms with Crippen LogP contribution in [0.4, 0.5) is 4.39 Å². The van der Waals surface area contributed by atoms with Crippen molar-refractivity contribution in [3.63, 3.8) is 0 Å². The number of H-pyrrole nitrogens is 1. The van der Waals surface area contributed by atoms with E-state index in [0.29, 0.717) is 0 Å². The maximum absolute atomic E-state index is 13.1. The predicted molar refractivity (Wildman–Crippen MR) is 97.9 cm³/mol. The quantitative estimate of drug-likeness (QED) is 0.469. The van der Waals surface area contributed by atoms with E-state index in [1.165, 1.54) is 17.5 Å². The van der Waals surface area contributed by atoms with Crippen LogP contribution in [0.5, 0.6) is 0 Å². The molecule has 3 aromatic heterocycles. The lowest BCUT2D eigenvalue weighted by Crippen LogP contribution is -1.89. The minimum Gasteiger partial charge on any atom is -0.361 e. The molecular weight excluding hydrogens is 313 g/mol. The van der Waals surface area contributed by atoms with Crippen molar-refractivity contribution >= 4 is 16.6 Å². The van der Waals surface area contributed by atoms with Crippen LogP contribution in [0.25, 0.3) is 38.9 Å². The molecule has 5 aromatic rings. The SMILES string of the molecule is Fc1ccc(-c2ccn3c(-c4ccc5[nH]ccc5c4)cnc3c2)cc1. The Morgan fingerprint density at radius 1 is 0.840 bits per heavy atom. The molecule has 3 heterocycles. The highest BCUT2D eigenvalue weighted by Crippen LogP contribution is 2.27. The Labute approximate surface area is 143 Å². The zero-order chi connectivity index (χ0) is 16.8. The summed E-state index contributed by atoms with van der Waals surface area (Å²) in [7, 11) is 0. The van der Waals surface area contributed by atoms with Crippen LogP contribution in [0, 0.1) is 5.82 Å². The first-order valence-corrected chi connectivity index (χ1v) is 8.08. The van der Waals surface area contributed by atoms with Gasteiger partial charge in [-0.05, 0) is 53.6 Å². The van der Waals surface area contributed by atoms with E-state index in [-0.39, 0.29) is 5.82 Å². The van der Waals surface area contributed by atoms with Gasteiger partial charge in [-0.15, -0.1) is 0 Å². The van der Waals surface area contributed by atoms with Gasteiger partial charge in [0.2, 0.25) is 0 Å². The first-order chi connectivity index (χ1) is 12.3. The highest BCUT2D eigenvalue weighted by Gasteiger charge is 2.08. The number of nitrogens with zero attached hydrogens (tertiary/aromatic N) is 2. The summed E-state index contributed by atoms with van der Waals surface area (Å²) >= 11 is 0. The summed E-state index contributed by atoms with van der Waals surface area (Å²) in [6.07, 6.45) is 5.84. The number of benzene rings is 2. The van der Waals surface area contributed by atoms with Crippen LogP contribution in [0.2, 0.25) is 0 Å². The van der Waals surface area contributed by atoms with Gasteiger partial charge in [-0.25, -0.2) is 9.37 Å². The summed E-state index contributed by atoms with van der Waals surface area (Å²) in [6, 6.07) is 19.0. The summed E-state index contributed by atoms with van der Waals surface area (Å²) in [5.74, 6) is -0.229. The number of hydrogen-bond donors (Lipinski definition) is 1. The maximum Gasteiger partial charge on any atom is 0.137 e. The second kappa shape index (κ2) is 5.31. The summed E-state index contributed by atoms with van der Waals surface area (Å²) in [6.45, 7) is 0. The standard InChI is InChI=1S/C21H14FN3/c22-18-4-1-14(2-5-18)15-8-10-25-20(13-24-21(25)12-15)17-3-6-19-16(11-17)7-9-23-19/h1-13,23H. The van der Waals surface area contributed by atoms with E-state index in [1.54, 1.807) is 12.1 Å². The monoisotopic (exact) mass is 327 g/mol.